The molecule has 1 unspecified atom stereocenters. The van der Waals surface area contributed by atoms with Crippen LogP contribution in [0.25, 0.3) is 11.1 Å². The highest BCUT2D eigenvalue weighted by Gasteiger charge is 2.27. The maximum Gasteiger partial charge on any atom is 0.337 e. The number of nitrogens with zero attached hydrogens (tertiary/aromatic N) is 1. The molecule has 6 nitrogen and oxygen atoms in total. The topological polar surface area (TPSA) is 77.5 Å². The van der Waals surface area contributed by atoms with Crippen LogP contribution < -0.4 is 10.1 Å². The van der Waals surface area contributed by atoms with Crippen molar-refractivity contribution in [2.45, 2.75) is 25.9 Å². The van der Waals surface area contributed by atoms with Gasteiger partial charge in [0.2, 0.25) is 5.91 Å². The van der Waals surface area contributed by atoms with Crippen molar-refractivity contribution in [1.82, 2.24) is 10.3 Å². The Morgan fingerprint density at radius 2 is 2.06 bits per heavy atom. The Hall–Kier alpha value is -2.90. The van der Waals surface area contributed by atoms with E-state index in [4.69, 9.17) is 21.1 Å². The number of carbonyl (C=O) groups is 2. The van der Waals surface area contributed by atoms with Gasteiger partial charge in [-0.15, -0.1) is 11.3 Å². The lowest BCUT2D eigenvalue weighted by atomic mass is 9.99. The highest BCUT2D eigenvalue weighted by atomic mass is 35.5. The van der Waals surface area contributed by atoms with E-state index in [0.29, 0.717) is 23.6 Å². The van der Waals surface area contributed by atoms with Gasteiger partial charge in [0.05, 0.1) is 36.3 Å². The first kappa shape index (κ1) is 21.3. The predicted molar refractivity (Wildman–Crippen MR) is 120 cm³/mol. The van der Waals surface area contributed by atoms with Crippen LogP contribution in [-0.2, 0) is 22.4 Å². The van der Waals surface area contributed by atoms with Gasteiger partial charge in [-0.05, 0) is 36.8 Å². The van der Waals surface area contributed by atoms with Crippen LogP contribution in [0.2, 0.25) is 5.02 Å². The third kappa shape index (κ3) is 4.89. The number of hydrogen-bond acceptors (Lipinski definition) is 6. The Morgan fingerprint density at radius 3 is 2.74 bits per heavy atom. The second kappa shape index (κ2) is 9.08. The summed E-state index contributed by atoms with van der Waals surface area (Å²) in [6, 6.07) is 10.8. The van der Waals surface area contributed by atoms with Gasteiger partial charge in [0.15, 0.2) is 0 Å². The quantitative estimate of drug-likeness (QED) is 0.562. The second-order valence-electron chi connectivity index (χ2n) is 7.29. The third-order valence-electron chi connectivity index (χ3n) is 5.01. The number of halogens is 1. The van der Waals surface area contributed by atoms with E-state index in [1.165, 1.54) is 18.4 Å². The van der Waals surface area contributed by atoms with Crippen molar-refractivity contribution >= 4 is 34.8 Å². The zero-order valence-electron chi connectivity index (χ0n) is 17.1. The number of hydrogen-bond donors (Lipinski definition) is 1. The van der Waals surface area contributed by atoms with Crippen LogP contribution in [0, 0.1) is 6.92 Å². The van der Waals surface area contributed by atoms with Crippen molar-refractivity contribution in [1.29, 1.82) is 0 Å². The van der Waals surface area contributed by atoms with Crippen LogP contribution in [0.4, 0.5) is 0 Å². The van der Waals surface area contributed by atoms with Gasteiger partial charge in [0, 0.05) is 28.0 Å². The first-order valence-electron chi connectivity index (χ1n) is 9.78. The van der Waals surface area contributed by atoms with Crippen LogP contribution in [0.5, 0.6) is 5.75 Å². The van der Waals surface area contributed by atoms with Gasteiger partial charge in [-0.1, -0.05) is 23.7 Å². The SMILES string of the molecule is COC(=O)c1ccc(-c2cc(Cl)cc3c2OC(CNC(=O)Cc2csc(C)n2)C3)cc1. The summed E-state index contributed by atoms with van der Waals surface area (Å²) in [5.41, 5.74) is 3.98. The van der Waals surface area contributed by atoms with E-state index in [-0.39, 0.29) is 24.4 Å². The number of amides is 1. The number of benzene rings is 2. The van der Waals surface area contributed by atoms with E-state index in [1.807, 2.05) is 36.6 Å². The lowest BCUT2D eigenvalue weighted by Crippen LogP contribution is -2.35. The predicted octanol–water partition coefficient (Wildman–Crippen LogP) is 4.22. The van der Waals surface area contributed by atoms with Crippen LogP contribution >= 0.6 is 22.9 Å². The van der Waals surface area contributed by atoms with Crippen molar-refractivity contribution in [3.63, 3.8) is 0 Å². The average Bonchev–Trinajstić information content (AvgIpc) is 3.36. The van der Waals surface area contributed by atoms with Crippen LogP contribution in [0.3, 0.4) is 0 Å². The van der Waals surface area contributed by atoms with Crippen molar-refractivity contribution in [3.05, 3.63) is 68.6 Å². The summed E-state index contributed by atoms with van der Waals surface area (Å²) in [6.07, 6.45) is 0.732. The highest BCUT2D eigenvalue weighted by molar-refractivity contribution is 7.09. The Balaban J connectivity index is 1.45. The summed E-state index contributed by atoms with van der Waals surface area (Å²) >= 11 is 7.88. The average molecular weight is 457 g/mol. The number of thiazole rings is 1. The first-order valence-corrected chi connectivity index (χ1v) is 11.0. The van der Waals surface area contributed by atoms with E-state index in [2.05, 4.69) is 10.3 Å². The fourth-order valence-corrected chi connectivity index (χ4v) is 4.42. The molecule has 3 aromatic rings. The Morgan fingerprint density at radius 1 is 1.29 bits per heavy atom. The van der Waals surface area contributed by atoms with Gasteiger partial charge in [-0.3, -0.25) is 4.79 Å². The van der Waals surface area contributed by atoms with Gasteiger partial charge < -0.3 is 14.8 Å². The summed E-state index contributed by atoms with van der Waals surface area (Å²) in [5.74, 6) is 0.286. The maximum atomic E-state index is 12.2. The summed E-state index contributed by atoms with van der Waals surface area (Å²) in [4.78, 5) is 28.3. The summed E-state index contributed by atoms with van der Waals surface area (Å²) < 4.78 is 10.9. The molecule has 1 aromatic heterocycles. The lowest BCUT2D eigenvalue weighted by Gasteiger charge is -2.14. The zero-order chi connectivity index (χ0) is 22.0. The van der Waals surface area contributed by atoms with Crippen molar-refractivity contribution in [2.24, 2.45) is 0 Å². The van der Waals surface area contributed by atoms with E-state index < -0.39 is 0 Å². The summed E-state index contributed by atoms with van der Waals surface area (Å²) in [6.45, 7) is 2.32. The van der Waals surface area contributed by atoms with Crippen molar-refractivity contribution < 1.29 is 19.1 Å². The number of ether oxygens (including phenoxy) is 2. The first-order chi connectivity index (χ1) is 14.9. The van der Waals surface area contributed by atoms with Gasteiger partial charge >= 0.3 is 5.97 Å². The van der Waals surface area contributed by atoms with Gasteiger partial charge in [-0.25, -0.2) is 9.78 Å². The molecule has 0 spiro atoms. The number of rotatable bonds is 6. The van der Waals surface area contributed by atoms with Gasteiger partial charge in [0.25, 0.3) is 0 Å². The molecule has 8 heteroatoms. The smallest absolute Gasteiger partial charge is 0.337 e. The molecule has 1 amide bonds. The molecule has 4 rings (SSSR count). The molecule has 0 aliphatic carbocycles. The van der Waals surface area contributed by atoms with E-state index >= 15 is 0 Å². The fraction of sp³-hybridized carbons (Fsp3) is 0.261. The van der Waals surface area contributed by atoms with E-state index in [0.717, 1.165) is 33.1 Å². The molecule has 2 aromatic carbocycles. The van der Waals surface area contributed by atoms with Crippen molar-refractivity contribution in [3.8, 4) is 16.9 Å². The van der Waals surface area contributed by atoms with Crippen LogP contribution in [0.1, 0.15) is 26.6 Å². The molecule has 0 fully saturated rings. The minimum absolute atomic E-state index is 0.0819. The maximum absolute atomic E-state index is 12.2. The summed E-state index contributed by atoms with van der Waals surface area (Å²) in [5, 5.41) is 6.39. The number of esters is 1. The number of fused-ring (bicyclic) bond motifs is 1. The van der Waals surface area contributed by atoms with Crippen LogP contribution in [-0.4, -0.2) is 36.6 Å². The molecule has 1 atom stereocenters. The van der Waals surface area contributed by atoms with E-state index in [1.54, 1.807) is 12.1 Å². The monoisotopic (exact) mass is 456 g/mol. The number of aryl methyl sites for hydroxylation is 1. The minimum Gasteiger partial charge on any atom is -0.487 e. The summed E-state index contributed by atoms with van der Waals surface area (Å²) in [7, 11) is 1.35. The number of carbonyl (C=O) groups excluding carboxylic acids is 2. The normalized spacial score (nSPS) is 14.6. The van der Waals surface area contributed by atoms with Crippen molar-refractivity contribution in [2.75, 3.05) is 13.7 Å². The molecular weight excluding hydrogens is 436 g/mol. The van der Waals surface area contributed by atoms with E-state index in [9.17, 15) is 9.59 Å². The molecule has 160 valence electrons. The highest BCUT2D eigenvalue weighted by Crippen LogP contribution is 2.41. The lowest BCUT2D eigenvalue weighted by molar-refractivity contribution is -0.120. The number of methoxy groups -OCH3 is 1. The molecular formula is C23H21ClN2O4S. The third-order valence-corrected chi connectivity index (χ3v) is 6.06. The van der Waals surface area contributed by atoms with Crippen LogP contribution in [0.15, 0.2) is 41.8 Å². The van der Waals surface area contributed by atoms with Gasteiger partial charge in [-0.2, -0.15) is 0 Å². The fourth-order valence-electron chi connectivity index (χ4n) is 3.57. The number of aromatic nitrogens is 1. The number of nitrogens with one attached hydrogen (secondary N) is 1. The molecule has 0 radical (unpaired) electrons. The second-order valence-corrected chi connectivity index (χ2v) is 8.79. The Kier molecular flexibility index (Phi) is 6.25. The van der Waals surface area contributed by atoms with Gasteiger partial charge in [0.1, 0.15) is 11.9 Å². The molecule has 2 heterocycles. The molecule has 0 saturated carbocycles. The largest absolute Gasteiger partial charge is 0.487 e. The molecule has 0 bridgehead atoms. The Labute approximate surface area is 189 Å². The zero-order valence-corrected chi connectivity index (χ0v) is 18.7. The molecule has 1 N–H and O–H groups in total. The molecule has 1 aliphatic rings. The molecule has 31 heavy (non-hydrogen) atoms. The Bertz CT molecular complexity index is 1130. The molecule has 1 aliphatic heterocycles. The molecule has 0 saturated heterocycles. The minimum atomic E-state index is -0.386. The standard InChI is InChI=1S/C23H21ClN2O4S/c1-13-26-18(12-31-13)10-21(27)25-11-19-8-16-7-17(24)9-20(22(16)30-19)14-3-5-15(6-4-14)23(28)29-2/h3-7,9,12,19H,8,10-11H2,1-2H3,(H,25,27).